The van der Waals surface area contributed by atoms with Crippen LogP contribution >= 0.6 is 11.3 Å². The lowest BCUT2D eigenvalue weighted by molar-refractivity contribution is -0.386. The van der Waals surface area contributed by atoms with Gasteiger partial charge in [-0.1, -0.05) is 6.92 Å². The zero-order valence-electron chi connectivity index (χ0n) is 12.8. The lowest BCUT2D eigenvalue weighted by Gasteiger charge is -2.11. The Morgan fingerprint density at radius 2 is 2.18 bits per heavy atom. The number of nitrogens with one attached hydrogen (secondary N) is 1. The summed E-state index contributed by atoms with van der Waals surface area (Å²) in [4.78, 5) is 27.8. The molecule has 0 aliphatic carbocycles. The minimum Gasteiger partial charge on any atom is -0.302 e. The number of carbonyl (C=O) groups excluding carboxylic acids is 1. The third-order valence-corrected chi connectivity index (χ3v) is 4.10. The van der Waals surface area contributed by atoms with Crippen molar-refractivity contribution in [3.63, 3.8) is 0 Å². The fraction of sp³-hybridized carbons (Fsp3) is 0.462. The molecule has 0 bridgehead atoms. The maximum absolute atomic E-state index is 12.1. The van der Waals surface area contributed by atoms with Crippen LogP contribution in [0.25, 0.3) is 0 Å². The molecule has 1 N–H and O–H groups in total. The molecule has 2 aromatic rings. The highest BCUT2D eigenvalue weighted by atomic mass is 32.1. The van der Waals surface area contributed by atoms with Crippen LogP contribution in [0.1, 0.15) is 23.2 Å². The van der Waals surface area contributed by atoms with Crippen molar-refractivity contribution in [2.75, 3.05) is 5.32 Å². The second-order valence-corrected chi connectivity index (χ2v) is 6.36. The van der Waals surface area contributed by atoms with Crippen molar-refractivity contribution in [3.8, 4) is 0 Å². The second-order valence-electron chi connectivity index (χ2n) is 5.13. The average molecular weight is 323 g/mol. The fourth-order valence-electron chi connectivity index (χ4n) is 2.11. The minimum absolute atomic E-state index is 0.00292. The quantitative estimate of drug-likeness (QED) is 0.672. The minimum atomic E-state index is -0.447. The largest absolute Gasteiger partial charge is 0.312 e. The first-order chi connectivity index (χ1) is 10.3. The maximum atomic E-state index is 12.1. The van der Waals surface area contributed by atoms with Crippen molar-refractivity contribution >= 4 is 28.1 Å². The van der Waals surface area contributed by atoms with Crippen LogP contribution in [-0.4, -0.2) is 25.6 Å². The van der Waals surface area contributed by atoms with Gasteiger partial charge in [-0.05, 0) is 20.8 Å². The van der Waals surface area contributed by atoms with Gasteiger partial charge >= 0.3 is 5.69 Å². The molecule has 22 heavy (non-hydrogen) atoms. The lowest BCUT2D eigenvalue weighted by Crippen LogP contribution is -2.25. The molecule has 0 radical (unpaired) electrons. The van der Waals surface area contributed by atoms with Crippen LogP contribution in [0.5, 0.6) is 0 Å². The molecule has 0 saturated heterocycles. The Bertz CT molecular complexity index is 721. The SMILES string of the molecule is Cc1cnc(NC(=O)C(C)Cn2nc(C)c([N+](=O)[O-])c2C)s1. The normalized spacial score (nSPS) is 12.2. The van der Waals surface area contributed by atoms with Crippen LogP contribution in [0, 0.1) is 36.8 Å². The summed E-state index contributed by atoms with van der Waals surface area (Å²) >= 11 is 1.40. The van der Waals surface area contributed by atoms with Crippen molar-refractivity contribution in [1.29, 1.82) is 0 Å². The van der Waals surface area contributed by atoms with Crippen molar-refractivity contribution in [2.45, 2.75) is 34.2 Å². The van der Waals surface area contributed by atoms with Crippen molar-refractivity contribution < 1.29 is 9.72 Å². The van der Waals surface area contributed by atoms with Gasteiger partial charge in [0, 0.05) is 11.1 Å². The summed E-state index contributed by atoms with van der Waals surface area (Å²) in [6.45, 7) is 7.15. The number of aryl methyl sites for hydroxylation is 2. The monoisotopic (exact) mass is 323 g/mol. The Morgan fingerprint density at radius 3 is 2.68 bits per heavy atom. The van der Waals surface area contributed by atoms with Crippen LogP contribution in [0.4, 0.5) is 10.8 Å². The summed E-state index contributed by atoms with van der Waals surface area (Å²) in [5, 5.41) is 18.4. The molecule has 2 heterocycles. The highest BCUT2D eigenvalue weighted by molar-refractivity contribution is 7.15. The smallest absolute Gasteiger partial charge is 0.302 e. The Balaban J connectivity index is 2.08. The Hall–Kier alpha value is -2.29. The first-order valence-corrected chi connectivity index (χ1v) is 7.53. The van der Waals surface area contributed by atoms with Crippen LogP contribution in [0.2, 0.25) is 0 Å². The molecule has 0 aliphatic rings. The molecule has 2 aromatic heterocycles. The second kappa shape index (κ2) is 6.22. The van der Waals surface area contributed by atoms with Gasteiger partial charge in [-0.25, -0.2) is 4.98 Å². The Morgan fingerprint density at radius 1 is 1.50 bits per heavy atom. The molecule has 1 unspecified atom stereocenters. The van der Waals surface area contributed by atoms with Gasteiger partial charge in [0.15, 0.2) is 5.13 Å². The van der Waals surface area contributed by atoms with Gasteiger partial charge in [0.05, 0.1) is 17.4 Å². The molecule has 2 rings (SSSR count). The number of aromatic nitrogens is 3. The van der Waals surface area contributed by atoms with E-state index in [0.29, 0.717) is 16.5 Å². The number of hydrogen-bond donors (Lipinski definition) is 1. The van der Waals surface area contributed by atoms with Crippen molar-refractivity contribution in [1.82, 2.24) is 14.8 Å². The maximum Gasteiger partial charge on any atom is 0.312 e. The summed E-state index contributed by atoms with van der Waals surface area (Å²) in [6.07, 6.45) is 1.69. The molecule has 9 heteroatoms. The van der Waals surface area contributed by atoms with Crippen LogP contribution in [0.15, 0.2) is 6.20 Å². The average Bonchev–Trinajstić information content (AvgIpc) is 2.93. The number of hydrogen-bond acceptors (Lipinski definition) is 6. The molecule has 0 saturated carbocycles. The van der Waals surface area contributed by atoms with Crippen molar-refractivity contribution in [2.24, 2.45) is 5.92 Å². The summed E-state index contributed by atoms with van der Waals surface area (Å²) in [7, 11) is 0. The predicted molar refractivity (Wildman–Crippen MR) is 83.0 cm³/mol. The molecule has 1 atom stereocenters. The van der Waals surface area contributed by atoms with Crippen molar-refractivity contribution in [3.05, 3.63) is 32.6 Å². The van der Waals surface area contributed by atoms with E-state index in [-0.39, 0.29) is 24.1 Å². The predicted octanol–water partition coefficient (Wildman–Crippen LogP) is 2.45. The first kappa shape index (κ1) is 16.1. The van der Waals surface area contributed by atoms with Gasteiger partial charge in [-0.3, -0.25) is 19.6 Å². The lowest BCUT2D eigenvalue weighted by atomic mass is 10.1. The summed E-state index contributed by atoms with van der Waals surface area (Å²) in [5.41, 5.74) is 0.807. The first-order valence-electron chi connectivity index (χ1n) is 6.71. The van der Waals surface area contributed by atoms with Gasteiger partial charge in [-0.2, -0.15) is 5.10 Å². The van der Waals surface area contributed by atoms with E-state index in [0.717, 1.165) is 4.88 Å². The zero-order valence-corrected chi connectivity index (χ0v) is 13.6. The van der Waals surface area contributed by atoms with Gasteiger partial charge in [0.25, 0.3) is 0 Å². The number of carbonyl (C=O) groups is 1. The number of nitrogens with zero attached hydrogens (tertiary/aromatic N) is 4. The highest BCUT2D eigenvalue weighted by Gasteiger charge is 2.24. The van der Waals surface area contributed by atoms with Gasteiger partial charge in [0.2, 0.25) is 5.91 Å². The summed E-state index contributed by atoms with van der Waals surface area (Å²) in [6, 6.07) is 0. The van der Waals surface area contributed by atoms with Gasteiger partial charge < -0.3 is 5.32 Å². The zero-order chi connectivity index (χ0) is 16.4. The van der Waals surface area contributed by atoms with Crippen LogP contribution < -0.4 is 5.32 Å². The van der Waals surface area contributed by atoms with Gasteiger partial charge in [0.1, 0.15) is 11.4 Å². The van der Waals surface area contributed by atoms with E-state index in [1.807, 2.05) is 6.92 Å². The molecule has 0 fully saturated rings. The molecular weight excluding hydrogens is 306 g/mol. The molecule has 0 aliphatic heterocycles. The number of anilines is 1. The summed E-state index contributed by atoms with van der Waals surface area (Å²) < 4.78 is 1.50. The number of amides is 1. The standard InChI is InChI=1S/C13H17N5O3S/c1-7(12(19)15-13-14-5-8(2)22-13)6-17-10(4)11(18(20)21)9(3)16-17/h5,7H,6H2,1-4H3,(H,14,15,19). The highest BCUT2D eigenvalue weighted by Crippen LogP contribution is 2.23. The molecule has 0 spiro atoms. The topological polar surface area (TPSA) is 103 Å². The van der Waals surface area contributed by atoms with E-state index < -0.39 is 4.92 Å². The number of thiazole rings is 1. The van der Waals surface area contributed by atoms with E-state index >= 15 is 0 Å². The Kier molecular flexibility index (Phi) is 4.55. The molecular formula is C13H17N5O3S. The van der Waals surface area contributed by atoms with E-state index in [1.54, 1.807) is 27.0 Å². The molecule has 0 aromatic carbocycles. The molecule has 1 amide bonds. The number of nitro groups is 1. The van der Waals surface area contributed by atoms with E-state index in [2.05, 4.69) is 15.4 Å². The fourth-order valence-corrected chi connectivity index (χ4v) is 2.78. The van der Waals surface area contributed by atoms with Crippen LogP contribution in [0.3, 0.4) is 0 Å². The Labute approximate surface area is 131 Å². The summed E-state index contributed by atoms with van der Waals surface area (Å²) in [5.74, 6) is -0.577. The van der Waals surface area contributed by atoms with Crippen LogP contribution in [-0.2, 0) is 11.3 Å². The molecule has 8 nitrogen and oxygen atoms in total. The molecule has 118 valence electrons. The third kappa shape index (κ3) is 3.30. The van der Waals surface area contributed by atoms with E-state index in [4.69, 9.17) is 0 Å². The van der Waals surface area contributed by atoms with Gasteiger partial charge in [-0.15, -0.1) is 11.3 Å². The number of rotatable bonds is 5. The van der Waals surface area contributed by atoms with E-state index in [1.165, 1.54) is 16.0 Å². The van der Waals surface area contributed by atoms with E-state index in [9.17, 15) is 14.9 Å². The third-order valence-electron chi connectivity index (χ3n) is 3.27.